The number of imidazole rings is 1. The molecule has 2 N–H and O–H groups in total. The predicted octanol–water partition coefficient (Wildman–Crippen LogP) is 3.45. The van der Waals surface area contributed by atoms with Crippen molar-refractivity contribution in [3.8, 4) is 5.75 Å². The fraction of sp³-hybridized carbons (Fsp3) is 0.375. The lowest BCUT2D eigenvalue weighted by Gasteiger charge is -2.31. The number of nitrogens with zero attached hydrogens (tertiary/aromatic N) is 2. The van der Waals surface area contributed by atoms with E-state index in [0.717, 1.165) is 22.6 Å². The molecule has 7 heteroatoms. The fourth-order valence-corrected chi connectivity index (χ4v) is 3.90. The number of ether oxygens (including phenoxy) is 1. The SMILES string of the molecule is CC(NC(=O)C1CCN(C(=O)CCOc2ccccc2)CC1)c1nc2ccccc2[nH]1. The van der Waals surface area contributed by atoms with Crippen molar-refractivity contribution < 1.29 is 14.3 Å². The van der Waals surface area contributed by atoms with E-state index in [9.17, 15) is 9.59 Å². The van der Waals surface area contributed by atoms with Gasteiger partial charge in [-0.1, -0.05) is 30.3 Å². The zero-order valence-corrected chi connectivity index (χ0v) is 17.7. The lowest BCUT2D eigenvalue weighted by atomic mass is 9.95. The van der Waals surface area contributed by atoms with Crippen LogP contribution in [0.4, 0.5) is 0 Å². The van der Waals surface area contributed by atoms with Crippen LogP contribution in [0.1, 0.15) is 38.1 Å². The summed E-state index contributed by atoms with van der Waals surface area (Å²) in [5.74, 6) is 1.53. The van der Waals surface area contributed by atoms with Crippen LogP contribution in [-0.4, -0.2) is 46.4 Å². The first-order valence-electron chi connectivity index (χ1n) is 10.8. The van der Waals surface area contributed by atoms with Gasteiger partial charge in [0.2, 0.25) is 11.8 Å². The maximum Gasteiger partial charge on any atom is 0.225 e. The molecule has 162 valence electrons. The molecule has 1 saturated heterocycles. The molecule has 1 unspecified atom stereocenters. The Morgan fingerprint density at radius 1 is 1.13 bits per heavy atom. The Kier molecular flexibility index (Phi) is 6.50. The highest BCUT2D eigenvalue weighted by atomic mass is 16.5. The second-order valence-corrected chi connectivity index (χ2v) is 7.94. The first-order chi connectivity index (χ1) is 15.1. The van der Waals surface area contributed by atoms with Crippen molar-refractivity contribution >= 4 is 22.8 Å². The van der Waals surface area contributed by atoms with E-state index in [-0.39, 0.29) is 23.8 Å². The maximum atomic E-state index is 12.7. The number of likely N-dealkylation sites (tertiary alicyclic amines) is 1. The first kappa shape index (κ1) is 20.9. The molecule has 0 saturated carbocycles. The second kappa shape index (κ2) is 9.64. The van der Waals surface area contributed by atoms with Crippen LogP contribution in [0.2, 0.25) is 0 Å². The molecule has 3 aromatic rings. The molecule has 1 atom stereocenters. The molecule has 31 heavy (non-hydrogen) atoms. The molecule has 0 spiro atoms. The molecule has 1 aromatic heterocycles. The summed E-state index contributed by atoms with van der Waals surface area (Å²) >= 11 is 0. The van der Waals surface area contributed by atoms with Crippen LogP contribution < -0.4 is 10.1 Å². The number of carbonyl (C=O) groups is 2. The highest BCUT2D eigenvalue weighted by Crippen LogP contribution is 2.21. The van der Waals surface area contributed by atoms with E-state index in [4.69, 9.17) is 4.74 Å². The third-order valence-corrected chi connectivity index (χ3v) is 5.72. The third kappa shape index (κ3) is 5.23. The van der Waals surface area contributed by atoms with Crippen LogP contribution in [0.15, 0.2) is 54.6 Å². The average molecular weight is 421 g/mol. The van der Waals surface area contributed by atoms with E-state index in [1.165, 1.54) is 0 Å². The largest absolute Gasteiger partial charge is 0.493 e. The zero-order valence-electron chi connectivity index (χ0n) is 17.7. The van der Waals surface area contributed by atoms with Crippen molar-refractivity contribution in [3.63, 3.8) is 0 Å². The van der Waals surface area contributed by atoms with Crippen LogP contribution >= 0.6 is 0 Å². The molecule has 2 heterocycles. The Bertz CT molecular complexity index is 992. The smallest absolute Gasteiger partial charge is 0.225 e. The van der Waals surface area contributed by atoms with Crippen LogP contribution in [0.5, 0.6) is 5.75 Å². The molecule has 1 fully saturated rings. The minimum atomic E-state index is -0.199. The summed E-state index contributed by atoms with van der Waals surface area (Å²) in [5.41, 5.74) is 1.85. The normalized spacial score (nSPS) is 15.6. The molecule has 2 amide bonds. The van der Waals surface area contributed by atoms with Crippen molar-refractivity contribution in [3.05, 3.63) is 60.4 Å². The summed E-state index contributed by atoms with van der Waals surface area (Å²) in [5, 5.41) is 3.07. The van der Waals surface area contributed by atoms with E-state index in [2.05, 4.69) is 15.3 Å². The molecule has 1 aliphatic rings. The van der Waals surface area contributed by atoms with E-state index >= 15 is 0 Å². The number of benzene rings is 2. The van der Waals surface area contributed by atoms with Gasteiger partial charge in [-0.2, -0.15) is 0 Å². The highest BCUT2D eigenvalue weighted by Gasteiger charge is 2.28. The average Bonchev–Trinajstić information content (AvgIpc) is 3.24. The van der Waals surface area contributed by atoms with Gasteiger partial charge in [-0.15, -0.1) is 0 Å². The molecular weight excluding hydrogens is 392 g/mol. The van der Waals surface area contributed by atoms with Gasteiger partial charge in [0.1, 0.15) is 11.6 Å². The summed E-state index contributed by atoms with van der Waals surface area (Å²) in [7, 11) is 0. The minimum Gasteiger partial charge on any atom is -0.493 e. The number of rotatable bonds is 7. The van der Waals surface area contributed by atoms with Crippen molar-refractivity contribution in [1.82, 2.24) is 20.2 Å². The number of aromatic amines is 1. The van der Waals surface area contributed by atoms with Gasteiger partial charge in [-0.25, -0.2) is 4.98 Å². The van der Waals surface area contributed by atoms with E-state index in [1.807, 2.05) is 66.4 Å². The number of H-pyrrole nitrogens is 1. The summed E-state index contributed by atoms with van der Waals surface area (Å²) in [6.45, 7) is 3.49. The summed E-state index contributed by atoms with van der Waals surface area (Å²) in [4.78, 5) is 34.8. The monoisotopic (exact) mass is 420 g/mol. The predicted molar refractivity (Wildman–Crippen MR) is 119 cm³/mol. The van der Waals surface area contributed by atoms with Gasteiger partial charge in [-0.05, 0) is 44.0 Å². The number of aromatic nitrogens is 2. The Hall–Kier alpha value is -3.35. The quantitative estimate of drug-likeness (QED) is 0.613. The number of para-hydroxylation sites is 3. The van der Waals surface area contributed by atoms with E-state index in [1.54, 1.807) is 0 Å². The van der Waals surface area contributed by atoms with Gasteiger partial charge in [0, 0.05) is 19.0 Å². The minimum absolute atomic E-state index is 0.0208. The third-order valence-electron chi connectivity index (χ3n) is 5.72. The number of amides is 2. The zero-order chi connectivity index (χ0) is 21.6. The van der Waals surface area contributed by atoms with Gasteiger partial charge >= 0.3 is 0 Å². The summed E-state index contributed by atoms with van der Waals surface area (Å²) in [6.07, 6.45) is 1.68. The lowest BCUT2D eigenvalue weighted by molar-refractivity contribution is -0.136. The molecule has 4 rings (SSSR count). The summed E-state index contributed by atoms with van der Waals surface area (Å²) < 4.78 is 5.61. The van der Waals surface area contributed by atoms with E-state index < -0.39 is 0 Å². The summed E-state index contributed by atoms with van der Waals surface area (Å²) in [6, 6.07) is 17.1. The van der Waals surface area contributed by atoms with Crippen molar-refractivity contribution in [2.45, 2.75) is 32.2 Å². The van der Waals surface area contributed by atoms with Gasteiger partial charge in [0.25, 0.3) is 0 Å². The molecule has 7 nitrogen and oxygen atoms in total. The van der Waals surface area contributed by atoms with E-state index in [0.29, 0.717) is 39.0 Å². The van der Waals surface area contributed by atoms with Gasteiger partial charge < -0.3 is 19.9 Å². The second-order valence-electron chi connectivity index (χ2n) is 7.94. The van der Waals surface area contributed by atoms with Crippen molar-refractivity contribution in [1.29, 1.82) is 0 Å². The van der Waals surface area contributed by atoms with Gasteiger partial charge in [-0.3, -0.25) is 9.59 Å². The maximum absolute atomic E-state index is 12.7. The van der Waals surface area contributed by atoms with Crippen LogP contribution in [0.25, 0.3) is 11.0 Å². The molecule has 2 aromatic carbocycles. The number of fused-ring (bicyclic) bond motifs is 1. The highest BCUT2D eigenvalue weighted by molar-refractivity contribution is 5.81. The number of hydrogen-bond donors (Lipinski definition) is 2. The molecule has 0 radical (unpaired) electrons. The van der Waals surface area contributed by atoms with Crippen molar-refractivity contribution in [2.75, 3.05) is 19.7 Å². The standard InChI is InChI=1S/C24H28N4O3/c1-17(23-26-20-9-5-6-10-21(20)27-23)25-24(30)18-11-14-28(15-12-18)22(29)13-16-31-19-7-3-2-4-8-19/h2-10,17-18H,11-16H2,1H3,(H,25,30)(H,26,27). The number of carbonyl (C=O) groups excluding carboxylic acids is 2. The number of piperidine rings is 1. The topological polar surface area (TPSA) is 87.3 Å². The Balaban J connectivity index is 1.21. The first-order valence-corrected chi connectivity index (χ1v) is 10.8. The molecule has 0 bridgehead atoms. The fourth-order valence-electron chi connectivity index (χ4n) is 3.90. The Morgan fingerprint density at radius 3 is 2.58 bits per heavy atom. The van der Waals surface area contributed by atoms with Crippen LogP contribution in [0, 0.1) is 5.92 Å². The lowest BCUT2D eigenvalue weighted by Crippen LogP contribution is -2.43. The Labute approximate surface area is 181 Å². The molecular formula is C24H28N4O3. The molecule has 1 aliphatic heterocycles. The molecule has 0 aliphatic carbocycles. The van der Waals surface area contributed by atoms with Crippen molar-refractivity contribution in [2.24, 2.45) is 5.92 Å². The van der Waals surface area contributed by atoms with Gasteiger partial charge in [0.05, 0.1) is 30.1 Å². The number of hydrogen-bond acceptors (Lipinski definition) is 4. The Morgan fingerprint density at radius 2 is 1.84 bits per heavy atom. The van der Waals surface area contributed by atoms with Crippen LogP contribution in [-0.2, 0) is 9.59 Å². The number of nitrogens with one attached hydrogen (secondary N) is 2. The van der Waals surface area contributed by atoms with Gasteiger partial charge in [0.15, 0.2) is 0 Å². The van der Waals surface area contributed by atoms with Crippen LogP contribution in [0.3, 0.4) is 0 Å².